The lowest BCUT2D eigenvalue weighted by Crippen LogP contribution is -2.41. The summed E-state index contributed by atoms with van der Waals surface area (Å²) < 4.78 is 73.0. The summed E-state index contributed by atoms with van der Waals surface area (Å²) in [5.74, 6) is -0.638. The summed E-state index contributed by atoms with van der Waals surface area (Å²) in [6, 6.07) is 10.2. The van der Waals surface area contributed by atoms with E-state index in [-0.39, 0.29) is 42.4 Å². The molecule has 2 fully saturated rings. The van der Waals surface area contributed by atoms with Gasteiger partial charge in [-0.3, -0.25) is 4.79 Å². The van der Waals surface area contributed by atoms with Crippen molar-refractivity contribution in [2.45, 2.75) is 43.7 Å². The minimum Gasteiger partial charge on any atom is -0.378 e. The highest BCUT2D eigenvalue weighted by atomic mass is 32.2. The van der Waals surface area contributed by atoms with Crippen molar-refractivity contribution in [1.82, 2.24) is 4.31 Å². The summed E-state index contributed by atoms with van der Waals surface area (Å²) in [6.45, 7) is 6.27. The first-order chi connectivity index (χ1) is 17.5. The van der Waals surface area contributed by atoms with Gasteiger partial charge in [0.2, 0.25) is 15.9 Å². The minimum absolute atomic E-state index is 0.0991. The third-order valence-electron chi connectivity index (χ3n) is 6.94. The van der Waals surface area contributed by atoms with Gasteiger partial charge in [-0.05, 0) is 54.7 Å². The van der Waals surface area contributed by atoms with Crippen molar-refractivity contribution in [3.63, 3.8) is 0 Å². The Morgan fingerprint density at radius 3 is 2.19 bits per heavy atom. The first kappa shape index (κ1) is 27.4. The third-order valence-corrected chi connectivity index (χ3v) is 8.86. The molecule has 37 heavy (non-hydrogen) atoms. The number of benzene rings is 2. The second kappa shape index (κ2) is 11.0. The number of rotatable bonds is 6. The van der Waals surface area contributed by atoms with E-state index in [1.807, 2.05) is 18.7 Å². The fourth-order valence-corrected chi connectivity index (χ4v) is 6.13. The molecular weight excluding hydrogens is 507 g/mol. The number of ether oxygens (including phenoxy) is 1. The average molecular weight is 540 g/mol. The summed E-state index contributed by atoms with van der Waals surface area (Å²) in [6.07, 6.45) is -3.99. The number of sulfonamides is 1. The van der Waals surface area contributed by atoms with E-state index < -0.39 is 33.6 Å². The average Bonchev–Trinajstić information content (AvgIpc) is 2.88. The molecule has 2 aromatic rings. The quantitative estimate of drug-likeness (QED) is 0.576. The molecule has 202 valence electrons. The number of nitrogens with zero attached hydrogens (tertiary/aromatic N) is 2. The molecule has 2 aromatic carbocycles. The van der Waals surface area contributed by atoms with Crippen LogP contribution in [0.2, 0.25) is 0 Å². The number of amides is 1. The molecule has 4 rings (SSSR count). The van der Waals surface area contributed by atoms with Crippen LogP contribution in [0, 0.1) is 5.92 Å². The zero-order valence-electron chi connectivity index (χ0n) is 20.9. The molecular formula is C26H32F3N3O4S. The number of alkyl halides is 3. The Labute approximate surface area is 215 Å². The molecule has 0 atom stereocenters. The van der Waals surface area contributed by atoms with Crippen molar-refractivity contribution in [1.29, 1.82) is 0 Å². The molecule has 2 saturated heterocycles. The van der Waals surface area contributed by atoms with Gasteiger partial charge in [0, 0.05) is 32.1 Å². The maximum atomic E-state index is 13.4. The van der Waals surface area contributed by atoms with E-state index in [4.69, 9.17) is 4.74 Å². The Balaban J connectivity index is 1.45. The van der Waals surface area contributed by atoms with Gasteiger partial charge >= 0.3 is 6.18 Å². The van der Waals surface area contributed by atoms with Crippen LogP contribution < -0.4 is 10.2 Å². The van der Waals surface area contributed by atoms with E-state index >= 15 is 0 Å². The lowest BCUT2D eigenvalue weighted by molar-refractivity contribution is -0.137. The smallest absolute Gasteiger partial charge is 0.378 e. The van der Waals surface area contributed by atoms with E-state index in [0.29, 0.717) is 32.0 Å². The number of hydrogen-bond acceptors (Lipinski definition) is 5. The highest BCUT2D eigenvalue weighted by Crippen LogP contribution is 2.36. The normalized spacial score (nSPS) is 18.3. The van der Waals surface area contributed by atoms with E-state index in [2.05, 4.69) is 5.32 Å². The highest BCUT2D eigenvalue weighted by Gasteiger charge is 2.34. The molecule has 0 unspecified atom stereocenters. The first-order valence-electron chi connectivity index (χ1n) is 12.4. The van der Waals surface area contributed by atoms with Crippen LogP contribution in [-0.4, -0.2) is 58.0 Å². The number of nitrogens with one attached hydrogen (secondary N) is 1. The third kappa shape index (κ3) is 6.27. The van der Waals surface area contributed by atoms with Crippen LogP contribution in [0.4, 0.5) is 24.5 Å². The van der Waals surface area contributed by atoms with Crippen molar-refractivity contribution in [2.75, 3.05) is 49.6 Å². The first-order valence-corrected chi connectivity index (χ1v) is 13.9. The summed E-state index contributed by atoms with van der Waals surface area (Å²) in [5, 5.41) is 2.70. The Hall–Kier alpha value is -2.63. The Morgan fingerprint density at radius 1 is 1.00 bits per heavy atom. The molecule has 11 heteroatoms. The molecule has 1 amide bonds. The van der Waals surface area contributed by atoms with E-state index in [1.165, 1.54) is 10.4 Å². The van der Waals surface area contributed by atoms with Gasteiger partial charge in [-0.2, -0.15) is 17.5 Å². The number of carbonyl (C=O) groups excluding carboxylic acids is 1. The fraction of sp³-hybridized carbons (Fsp3) is 0.500. The lowest BCUT2D eigenvalue weighted by atomic mass is 9.97. The van der Waals surface area contributed by atoms with Gasteiger partial charge < -0.3 is 15.0 Å². The van der Waals surface area contributed by atoms with Gasteiger partial charge in [0.25, 0.3) is 0 Å². The molecule has 0 aliphatic carbocycles. The van der Waals surface area contributed by atoms with E-state index in [9.17, 15) is 26.4 Å². The molecule has 1 N–H and O–H groups in total. The van der Waals surface area contributed by atoms with Crippen LogP contribution in [0.15, 0.2) is 47.4 Å². The van der Waals surface area contributed by atoms with Crippen LogP contribution in [-0.2, 0) is 25.7 Å². The van der Waals surface area contributed by atoms with Gasteiger partial charge in [-0.25, -0.2) is 8.42 Å². The maximum Gasteiger partial charge on any atom is 0.416 e. The van der Waals surface area contributed by atoms with Crippen molar-refractivity contribution in [3.05, 3.63) is 53.6 Å². The van der Waals surface area contributed by atoms with Crippen molar-refractivity contribution < 1.29 is 31.1 Å². The van der Waals surface area contributed by atoms with Crippen molar-refractivity contribution >= 4 is 27.3 Å². The molecule has 2 aliphatic heterocycles. The van der Waals surface area contributed by atoms with E-state index in [1.54, 1.807) is 24.3 Å². The van der Waals surface area contributed by atoms with Gasteiger partial charge in [-0.1, -0.05) is 26.0 Å². The number of morpholine rings is 1. The largest absolute Gasteiger partial charge is 0.416 e. The Bertz CT molecular complexity index is 1200. The fourth-order valence-electron chi connectivity index (χ4n) is 4.66. The molecule has 0 saturated carbocycles. The summed E-state index contributed by atoms with van der Waals surface area (Å²) in [5.41, 5.74) is 0.807. The molecule has 2 heterocycles. The topological polar surface area (TPSA) is 79.0 Å². The number of hydrogen-bond donors (Lipinski definition) is 1. The predicted octanol–water partition coefficient (Wildman–Crippen LogP) is 4.70. The lowest BCUT2D eigenvalue weighted by Gasteiger charge is -2.32. The Kier molecular flexibility index (Phi) is 8.15. The minimum atomic E-state index is -4.55. The van der Waals surface area contributed by atoms with Crippen molar-refractivity contribution in [3.8, 4) is 0 Å². The van der Waals surface area contributed by atoms with E-state index in [0.717, 1.165) is 17.7 Å². The standard InChI is InChI=1S/C26H32F3N3O4S/c1-18(2)19-3-6-22(7-4-19)37(34,35)32-11-9-20(10-12-32)25(33)30-23-17-21(26(27,28)29)5-8-24(23)31-13-15-36-16-14-31/h3-8,17-18,20H,9-16H2,1-2H3,(H,30,33). The summed E-state index contributed by atoms with van der Waals surface area (Å²) in [4.78, 5) is 15.2. The number of piperidine rings is 1. The number of anilines is 2. The number of halogens is 3. The zero-order chi connectivity index (χ0) is 26.8. The van der Waals surface area contributed by atoms with Gasteiger partial charge in [0.1, 0.15) is 0 Å². The maximum absolute atomic E-state index is 13.4. The van der Waals surface area contributed by atoms with Crippen LogP contribution in [0.1, 0.15) is 43.7 Å². The van der Waals surface area contributed by atoms with Gasteiger partial charge in [0.05, 0.1) is 35.0 Å². The molecule has 0 aromatic heterocycles. The van der Waals surface area contributed by atoms with Crippen LogP contribution in [0.3, 0.4) is 0 Å². The van der Waals surface area contributed by atoms with Crippen LogP contribution in [0.25, 0.3) is 0 Å². The van der Waals surface area contributed by atoms with Crippen LogP contribution >= 0.6 is 0 Å². The molecule has 0 radical (unpaired) electrons. The SMILES string of the molecule is CC(C)c1ccc(S(=O)(=O)N2CCC(C(=O)Nc3cc(C(F)(F)F)ccc3N3CCOCC3)CC2)cc1. The number of carbonyl (C=O) groups is 1. The van der Waals surface area contributed by atoms with Crippen molar-refractivity contribution in [2.24, 2.45) is 5.92 Å². The van der Waals surface area contributed by atoms with Gasteiger partial charge in [0.15, 0.2) is 0 Å². The summed E-state index contributed by atoms with van der Waals surface area (Å²) in [7, 11) is -3.70. The Morgan fingerprint density at radius 2 is 1.62 bits per heavy atom. The van der Waals surface area contributed by atoms with Gasteiger partial charge in [-0.15, -0.1) is 0 Å². The second-order valence-corrected chi connectivity index (χ2v) is 11.7. The highest BCUT2D eigenvalue weighted by molar-refractivity contribution is 7.89. The molecule has 0 spiro atoms. The molecule has 0 bridgehead atoms. The predicted molar refractivity (Wildman–Crippen MR) is 135 cm³/mol. The van der Waals surface area contributed by atoms with Crippen LogP contribution in [0.5, 0.6) is 0 Å². The monoisotopic (exact) mass is 539 g/mol. The second-order valence-electron chi connectivity index (χ2n) is 9.72. The molecule has 7 nitrogen and oxygen atoms in total. The zero-order valence-corrected chi connectivity index (χ0v) is 21.7. The molecule has 2 aliphatic rings. The summed E-state index contributed by atoms with van der Waals surface area (Å²) >= 11 is 0.